The molecule has 1 aliphatic heterocycles. The van der Waals surface area contributed by atoms with Crippen LogP contribution >= 0.6 is 0 Å². The number of alkyl halides is 3. The Hall–Kier alpha value is -3.50. The number of hydrogen-bond donors (Lipinski definition) is 0. The van der Waals surface area contributed by atoms with Crippen molar-refractivity contribution in [1.29, 1.82) is 0 Å². The molecule has 0 bridgehead atoms. The van der Waals surface area contributed by atoms with Crippen LogP contribution in [-0.2, 0) is 6.18 Å². The first kappa shape index (κ1) is 22.3. The quantitative estimate of drug-likeness (QED) is 0.565. The van der Waals surface area contributed by atoms with Crippen LogP contribution < -0.4 is 4.90 Å². The van der Waals surface area contributed by atoms with Gasteiger partial charge in [-0.1, -0.05) is 0 Å². The Balaban J connectivity index is 1.25. The number of pyridine rings is 2. The highest BCUT2D eigenvalue weighted by atomic mass is 19.4. The average molecular weight is 471 g/mol. The Kier molecular flexibility index (Phi) is 5.70. The minimum atomic E-state index is -4.40. The number of halogens is 3. The molecule has 34 heavy (non-hydrogen) atoms. The molecule has 0 aromatic carbocycles. The smallest absolute Gasteiger partial charge is 0.356 e. The highest BCUT2D eigenvalue weighted by Crippen LogP contribution is 2.34. The van der Waals surface area contributed by atoms with Gasteiger partial charge in [0.1, 0.15) is 18.0 Å². The van der Waals surface area contributed by atoms with Crippen LogP contribution in [0.5, 0.6) is 0 Å². The van der Waals surface area contributed by atoms with Crippen molar-refractivity contribution in [3.05, 3.63) is 59.9 Å². The molecule has 1 amide bonds. The fourth-order valence-corrected chi connectivity index (χ4v) is 4.41. The lowest BCUT2D eigenvalue weighted by Crippen LogP contribution is -2.48. The topological polar surface area (TPSA) is 80.0 Å². The molecule has 3 aromatic rings. The molecule has 8 nitrogen and oxygen atoms in total. The number of piperidine rings is 1. The Morgan fingerprint density at radius 1 is 0.941 bits per heavy atom. The van der Waals surface area contributed by atoms with Crippen molar-refractivity contribution in [1.82, 2.24) is 29.6 Å². The number of anilines is 1. The molecule has 2 aliphatic rings. The molecule has 3 aromatic heterocycles. The molecule has 4 heterocycles. The molecule has 2 fully saturated rings. The number of carbonyl (C=O) groups excluding carboxylic acids is 1. The maximum Gasteiger partial charge on any atom is 0.417 e. The van der Waals surface area contributed by atoms with Crippen LogP contribution in [0, 0.1) is 6.92 Å². The minimum absolute atomic E-state index is 0.0389. The van der Waals surface area contributed by atoms with Crippen LogP contribution in [-0.4, -0.2) is 60.7 Å². The number of nitrogens with zero attached hydrogens (tertiary/aromatic N) is 7. The molecule has 11 heteroatoms. The second-order valence-corrected chi connectivity index (χ2v) is 8.69. The van der Waals surface area contributed by atoms with E-state index in [0.29, 0.717) is 36.1 Å². The van der Waals surface area contributed by atoms with Crippen LogP contribution in [0.3, 0.4) is 0 Å². The second-order valence-electron chi connectivity index (χ2n) is 8.69. The fraction of sp³-hybridized carbons (Fsp3) is 0.435. The molecule has 0 unspecified atom stereocenters. The lowest BCUT2D eigenvalue weighted by molar-refractivity contribution is -0.137. The zero-order valence-electron chi connectivity index (χ0n) is 18.6. The van der Waals surface area contributed by atoms with E-state index in [0.717, 1.165) is 37.9 Å². The molecule has 0 radical (unpaired) electrons. The summed E-state index contributed by atoms with van der Waals surface area (Å²) in [4.78, 5) is 29.9. The van der Waals surface area contributed by atoms with Gasteiger partial charge < -0.3 is 9.80 Å². The summed E-state index contributed by atoms with van der Waals surface area (Å²) in [5, 5.41) is 4.14. The Morgan fingerprint density at radius 3 is 2.15 bits per heavy atom. The molecule has 1 aliphatic carbocycles. The summed E-state index contributed by atoms with van der Waals surface area (Å²) < 4.78 is 40.0. The summed E-state index contributed by atoms with van der Waals surface area (Å²) in [7, 11) is 0. The van der Waals surface area contributed by atoms with E-state index in [-0.39, 0.29) is 18.0 Å². The van der Waals surface area contributed by atoms with Gasteiger partial charge in [-0.05, 0) is 56.9 Å². The van der Waals surface area contributed by atoms with Gasteiger partial charge in [-0.15, -0.1) is 0 Å². The molecular weight excluding hydrogens is 447 g/mol. The Labute approximate surface area is 194 Å². The van der Waals surface area contributed by atoms with Gasteiger partial charge in [0.25, 0.3) is 5.91 Å². The van der Waals surface area contributed by atoms with Gasteiger partial charge in [0.05, 0.1) is 11.1 Å². The van der Waals surface area contributed by atoms with Crippen LogP contribution in [0.25, 0.3) is 5.82 Å². The van der Waals surface area contributed by atoms with Crippen molar-refractivity contribution in [2.75, 3.05) is 18.0 Å². The van der Waals surface area contributed by atoms with Crippen molar-refractivity contribution < 1.29 is 18.0 Å². The first-order valence-corrected chi connectivity index (χ1v) is 11.2. The fourth-order valence-electron chi connectivity index (χ4n) is 4.41. The van der Waals surface area contributed by atoms with Crippen LogP contribution in [0.15, 0.2) is 43.0 Å². The third-order valence-corrected chi connectivity index (χ3v) is 6.36. The Bertz CT molecular complexity index is 1150. The van der Waals surface area contributed by atoms with Gasteiger partial charge in [-0.2, -0.15) is 23.0 Å². The van der Waals surface area contributed by atoms with Gasteiger partial charge in [0.2, 0.25) is 0 Å². The molecule has 1 saturated heterocycles. The second kappa shape index (κ2) is 8.69. The summed E-state index contributed by atoms with van der Waals surface area (Å²) in [5.41, 5.74) is -0.226. The molecule has 0 N–H and O–H groups in total. The summed E-state index contributed by atoms with van der Waals surface area (Å²) in [5.74, 6) is 1.80. The average Bonchev–Trinajstić information content (AvgIpc) is 3.58. The summed E-state index contributed by atoms with van der Waals surface area (Å²) in [6.07, 6.45) is 2.94. The highest BCUT2D eigenvalue weighted by Gasteiger charge is 2.39. The first-order valence-electron chi connectivity index (χ1n) is 11.2. The molecule has 5 rings (SSSR count). The van der Waals surface area contributed by atoms with E-state index in [2.05, 4.69) is 20.1 Å². The Morgan fingerprint density at radius 2 is 1.62 bits per heavy atom. The van der Waals surface area contributed by atoms with E-state index in [9.17, 15) is 18.0 Å². The summed E-state index contributed by atoms with van der Waals surface area (Å²) >= 11 is 0. The number of carbonyl (C=O) groups is 1. The SMILES string of the molecule is Cc1ncnn1-c1ccc(C(=O)N(C2CC2)C2CCN(c3ccc(C(F)(F)F)cn3)CC2)cn1. The number of aromatic nitrogens is 5. The zero-order valence-corrected chi connectivity index (χ0v) is 18.6. The predicted octanol–water partition coefficient (Wildman–Crippen LogP) is 3.66. The van der Waals surface area contributed by atoms with Crippen molar-refractivity contribution in [3.63, 3.8) is 0 Å². The monoisotopic (exact) mass is 471 g/mol. The van der Waals surface area contributed by atoms with Crippen molar-refractivity contribution in [3.8, 4) is 5.82 Å². The largest absolute Gasteiger partial charge is 0.417 e. The van der Waals surface area contributed by atoms with Crippen LogP contribution in [0.4, 0.5) is 19.0 Å². The van der Waals surface area contributed by atoms with E-state index < -0.39 is 11.7 Å². The van der Waals surface area contributed by atoms with Crippen molar-refractivity contribution in [2.24, 2.45) is 0 Å². The molecule has 1 saturated carbocycles. The van der Waals surface area contributed by atoms with E-state index in [1.807, 2.05) is 16.7 Å². The van der Waals surface area contributed by atoms with E-state index in [4.69, 9.17) is 0 Å². The molecule has 0 spiro atoms. The third-order valence-electron chi connectivity index (χ3n) is 6.36. The molecule has 0 atom stereocenters. The third kappa shape index (κ3) is 4.46. The van der Waals surface area contributed by atoms with Crippen molar-refractivity contribution in [2.45, 2.75) is 50.9 Å². The molecular formula is C23H24F3N7O. The summed E-state index contributed by atoms with van der Waals surface area (Å²) in [6.45, 7) is 3.08. The number of aryl methyl sites for hydroxylation is 1. The van der Waals surface area contributed by atoms with E-state index in [1.54, 1.807) is 23.0 Å². The standard InChI is InChI=1S/C23H24F3N7O/c1-15-29-14-30-33(15)21-6-2-16(12-27-21)22(34)32(18-4-5-18)19-8-10-31(11-9-19)20-7-3-17(13-28-20)23(24,25)26/h2-3,6-7,12-14,18-19H,4-5,8-11H2,1H3. The number of amides is 1. The minimum Gasteiger partial charge on any atom is -0.356 e. The van der Waals surface area contributed by atoms with Gasteiger partial charge in [0, 0.05) is 37.6 Å². The van der Waals surface area contributed by atoms with Crippen LogP contribution in [0.2, 0.25) is 0 Å². The highest BCUT2D eigenvalue weighted by molar-refractivity contribution is 5.94. The van der Waals surface area contributed by atoms with E-state index >= 15 is 0 Å². The van der Waals surface area contributed by atoms with E-state index in [1.165, 1.54) is 12.4 Å². The molecule has 178 valence electrons. The maximum atomic E-state index is 13.4. The summed E-state index contributed by atoms with van der Waals surface area (Å²) in [6, 6.07) is 6.30. The zero-order chi connectivity index (χ0) is 23.9. The van der Waals surface area contributed by atoms with Gasteiger partial charge in [0.15, 0.2) is 5.82 Å². The van der Waals surface area contributed by atoms with Gasteiger partial charge in [-0.3, -0.25) is 4.79 Å². The number of rotatable bonds is 5. The normalized spacial score (nSPS) is 17.1. The first-order chi connectivity index (χ1) is 16.3. The lowest BCUT2D eigenvalue weighted by Gasteiger charge is -2.39. The lowest BCUT2D eigenvalue weighted by atomic mass is 10.0. The van der Waals surface area contributed by atoms with Crippen molar-refractivity contribution >= 4 is 11.7 Å². The predicted molar refractivity (Wildman–Crippen MR) is 118 cm³/mol. The number of hydrogen-bond acceptors (Lipinski definition) is 6. The maximum absolute atomic E-state index is 13.4. The van der Waals surface area contributed by atoms with Gasteiger partial charge in [-0.25, -0.2) is 15.0 Å². The van der Waals surface area contributed by atoms with Crippen LogP contribution in [0.1, 0.15) is 47.4 Å². The van der Waals surface area contributed by atoms with Gasteiger partial charge >= 0.3 is 6.18 Å².